The normalized spacial score (nSPS) is 16.4. The van der Waals surface area contributed by atoms with E-state index in [1.54, 1.807) is 49.4 Å². The van der Waals surface area contributed by atoms with Crippen LogP contribution in [0, 0.1) is 6.92 Å². The molecule has 0 amide bonds. The highest BCUT2D eigenvalue weighted by molar-refractivity contribution is 6.15. The molecule has 0 saturated heterocycles. The summed E-state index contributed by atoms with van der Waals surface area (Å²) in [5, 5.41) is 1.46. The van der Waals surface area contributed by atoms with Crippen LogP contribution in [0.1, 0.15) is 53.7 Å². The number of hydrogen-bond acceptors (Lipinski definition) is 9. The Morgan fingerprint density at radius 2 is 1.59 bits per heavy atom. The van der Waals surface area contributed by atoms with E-state index in [0.717, 1.165) is 0 Å². The fourth-order valence-electron chi connectivity index (χ4n) is 5.33. The van der Waals surface area contributed by atoms with Crippen LogP contribution in [-0.4, -0.2) is 31.0 Å². The van der Waals surface area contributed by atoms with Crippen LogP contribution < -0.4 is 9.47 Å². The molecule has 1 aromatic heterocycles. The van der Waals surface area contributed by atoms with Crippen molar-refractivity contribution >= 4 is 45.6 Å². The van der Waals surface area contributed by atoms with Crippen molar-refractivity contribution in [2.45, 2.75) is 45.6 Å². The molecule has 9 heteroatoms. The maximum Gasteiger partial charge on any atom is 0.355 e. The summed E-state index contributed by atoms with van der Waals surface area (Å²) in [6.07, 6.45) is 2.72. The van der Waals surface area contributed by atoms with Gasteiger partial charge in [-0.3, -0.25) is 9.59 Å². The van der Waals surface area contributed by atoms with Crippen LogP contribution in [0.4, 0.5) is 0 Å². The minimum absolute atomic E-state index is 0.0584. The molecule has 0 saturated carbocycles. The summed E-state index contributed by atoms with van der Waals surface area (Å²) in [6, 6.07) is 11.7. The SMILES string of the molecule is COC(=O)[C@@]1(OC(=O)c2ccccc2)CCCc2c1ccc1c(OC(C)=O)c(OC(C)=O)c3c(C)coc3c21. The number of esters is 4. The van der Waals surface area contributed by atoms with E-state index < -0.39 is 29.5 Å². The summed E-state index contributed by atoms with van der Waals surface area (Å²) in [7, 11) is 1.24. The molecule has 1 atom stereocenters. The number of carbonyl (C=O) groups excluding carboxylic acids is 4. The Kier molecular flexibility index (Phi) is 6.59. The zero-order chi connectivity index (χ0) is 27.9. The Morgan fingerprint density at radius 1 is 0.897 bits per heavy atom. The van der Waals surface area contributed by atoms with Gasteiger partial charge in [0.25, 0.3) is 0 Å². The van der Waals surface area contributed by atoms with E-state index in [-0.39, 0.29) is 17.9 Å². The molecular weight excluding hydrogens is 504 g/mol. The van der Waals surface area contributed by atoms with Crippen molar-refractivity contribution < 1.29 is 42.5 Å². The second-order valence-electron chi connectivity index (χ2n) is 9.41. The first-order valence-electron chi connectivity index (χ1n) is 12.4. The second-order valence-corrected chi connectivity index (χ2v) is 9.41. The molecular formula is C30H26O9. The zero-order valence-electron chi connectivity index (χ0n) is 21.9. The Balaban J connectivity index is 1.82. The van der Waals surface area contributed by atoms with E-state index in [4.69, 9.17) is 23.4 Å². The first kappa shape index (κ1) is 26.0. The van der Waals surface area contributed by atoms with Crippen LogP contribution in [-0.2, 0) is 35.9 Å². The van der Waals surface area contributed by atoms with Crippen LogP contribution in [0.15, 0.2) is 53.1 Å². The lowest BCUT2D eigenvalue weighted by molar-refractivity contribution is -0.166. The first-order valence-corrected chi connectivity index (χ1v) is 12.4. The maximum absolute atomic E-state index is 13.4. The van der Waals surface area contributed by atoms with Crippen molar-refractivity contribution in [2.75, 3.05) is 7.11 Å². The molecule has 0 spiro atoms. The van der Waals surface area contributed by atoms with E-state index >= 15 is 0 Å². The quantitative estimate of drug-likeness (QED) is 0.250. The average molecular weight is 531 g/mol. The van der Waals surface area contributed by atoms with Gasteiger partial charge in [-0.05, 0) is 49.1 Å². The van der Waals surface area contributed by atoms with Crippen molar-refractivity contribution in [2.24, 2.45) is 0 Å². The molecule has 5 rings (SSSR count). The van der Waals surface area contributed by atoms with E-state index in [2.05, 4.69) is 0 Å². The van der Waals surface area contributed by atoms with Crippen molar-refractivity contribution in [1.29, 1.82) is 0 Å². The van der Waals surface area contributed by atoms with Crippen molar-refractivity contribution in [3.63, 3.8) is 0 Å². The second kappa shape index (κ2) is 9.90. The molecule has 9 nitrogen and oxygen atoms in total. The number of methoxy groups -OCH3 is 1. The number of carbonyl (C=O) groups is 4. The standard InChI is InChI=1S/C30H26O9/c1-16-15-36-26-23(16)27(38-18(3)32)25(37-17(2)31)21-12-13-22-20(24(21)26)11-8-14-30(22,29(34)35-4)39-28(33)19-9-6-5-7-10-19/h5-7,9-10,12-13,15H,8,11,14H2,1-4H3/t30-/m1/s1. The highest BCUT2D eigenvalue weighted by Crippen LogP contribution is 2.51. The number of hydrogen-bond donors (Lipinski definition) is 0. The number of ether oxygens (including phenoxy) is 4. The number of benzene rings is 3. The lowest BCUT2D eigenvalue weighted by Gasteiger charge is -2.36. The van der Waals surface area contributed by atoms with Gasteiger partial charge in [-0.2, -0.15) is 0 Å². The van der Waals surface area contributed by atoms with Crippen molar-refractivity contribution in [3.8, 4) is 11.5 Å². The lowest BCUT2D eigenvalue weighted by Crippen LogP contribution is -2.44. The average Bonchev–Trinajstić information content (AvgIpc) is 3.30. The fraction of sp³-hybridized carbons (Fsp3) is 0.267. The third-order valence-corrected chi connectivity index (χ3v) is 6.87. The van der Waals surface area contributed by atoms with Gasteiger partial charge in [0, 0.05) is 36.6 Å². The first-order chi connectivity index (χ1) is 18.7. The summed E-state index contributed by atoms with van der Waals surface area (Å²) in [5.41, 5.74) is 0.740. The minimum atomic E-state index is -1.71. The van der Waals surface area contributed by atoms with E-state index in [1.807, 2.05) is 0 Å². The molecule has 200 valence electrons. The van der Waals surface area contributed by atoms with Crippen LogP contribution in [0.5, 0.6) is 11.5 Å². The van der Waals surface area contributed by atoms with Crippen molar-refractivity contribution in [3.05, 3.63) is 71.0 Å². The number of furan rings is 1. The van der Waals surface area contributed by atoms with E-state index in [0.29, 0.717) is 56.8 Å². The molecule has 39 heavy (non-hydrogen) atoms. The monoisotopic (exact) mass is 530 g/mol. The van der Waals surface area contributed by atoms with E-state index in [9.17, 15) is 19.2 Å². The molecule has 0 radical (unpaired) electrons. The van der Waals surface area contributed by atoms with Gasteiger partial charge in [-0.15, -0.1) is 0 Å². The molecule has 0 aliphatic heterocycles. The summed E-state index contributed by atoms with van der Waals surface area (Å²) in [4.78, 5) is 50.7. The Morgan fingerprint density at radius 3 is 2.26 bits per heavy atom. The highest BCUT2D eigenvalue weighted by atomic mass is 16.6. The summed E-state index contributed by atoms with van der Waals surface area (Å²) < 4.78 is 28.2. The topological polar surface area (TPSA) is 118 Å². The predicted molar refractivity (Wildman–Crippen MR) is 140 cm³/mol. The molecule has 1 heterocycles. The molecule has 0 fully saturated rings. The molecule has 1 aliphatic rings. The van der Waals surface area contributed by atoms with Gasteiger partial charge in [0.2, 0.25) is 5.60 Å². The Labute approximate surface area is 223 Å². The number of rotatable bonds is 5. The van der Waals surface area contributed by atoms with Gasteiger partial charge in [-0.25, -0.2) is 9.59 Å². The smallest absolute Gasteiger partial charge is 0.355 e. The Hall–Kier alpha value is -4.66. The van der Waals surface area contributed by atoms with Crippen LogP contribution in [0.3, 0.4) is 0 Å². The number of aryl methyl sites for hydroxylation is 2. The minimum Gasteiger partial charge on any atom is -0.466 e. The van der Waals surface area contributed by atoms with Gasteiger partial charge in [-0.1, -0.05) is 24.3 Å². The molecule has 3 aromatic carbocycles. The summed E-state index contributed by atoms with van der Waals surface area (Å²) in [5.74, 6) is -2.46. The molecule has 1 aliphatic carbocycles. The molecule has 0 unspecified atom stereocenters. The van der Waals surface area contributed by atoms with Gasteiger partial charge < -0.3 is 23.4 Å². The third-order valence-electron chi connectivity index (χ3n) is 6.87. The molecule has 0 N–H and O–H groups in total. The fourth-order valence-corrected chi connectivity index (χ4v) is 5.33. The van der Waals surface area contributed by atoms with Crippen LogP contribution >= 0.6 is 0 Å². The third kappa shape index (κ3) is 4.29. The molecule has 0 bridgehead atoms. The molecule has 4 aromatic rings. The highest BCUT2D eigenvalue weighted by Gasteiger charge is 2.49. The van der Waals surface area contributed by atoms with Crippen molar-refractivity contribution in [1.82, 2.24) is 0 Å². The summed E-state index contributed by atoms with van der Waals surface area (Å²) in [6.45, 7) is 4.28. The summed E-state index contributed by atoms with van der Waals surface area (Å²) >= 11 is 0. The van der Waals surface area contributed by atoms with Gasteiger partial charge in [0.05, 0.1) is 24.3 Å². The largest absolute Gasteiger partial charge is 0.466 e. The van der Waals surface area contributed by atoms with E-state index in [1.165, 1.54) is 27.2 Å². The van der Waals surface area contributed by atoms with Gasteiger partial charge in [0.1, 0.15) is 5.58 Å². The number of fused-ring (bicyclic) bond motifs is 5. The van der Waals surface area contributed by atoms with Gasteiger partial charge >= 0.3 is 23.9 Å². The Bertz CT molecular complexity index is 1650. The predicted octanol–water partition coefficient (Wildman–Crippen LogP) is 5.31. The van der Waals surface area contributed by atoms with Crippen LogP contribution in [0.2, 0.25) is 0 Å². The zero-order valence-corrected chi connectivity index (χ0v) is 21.9. The van der Waals surface area contributed by atoms with Gasteiger partial charge in [0.15, 0.2) is 11.5 Å². The maximum atomic E-state index is 13.4. The lowest BCUT2D eigenvalue weighted by atomic mass is 9.76. The van der Waals surface area contributed by atoms with Crippen LogP contribution in [0.25, 0.3) is 21.7 Å².